The number of anilines is 1. The Morgan fingerprint density at radius 1 is 1.33 bits per heavy atom. The molecule has 3 heteroatoms. The molecule has 2 nitrogen and oxygen atoms in total. The Labute approximate surface area is 134 Å². The van der Waals surface area contributed by atoms with E-state index in [2.05, 4.69) is 56.1 Å². The van der Waals surface area contributed by atoms with Crippen LogP contribution in [0.25, 0.3) is 0 Å². The Bertz CT molecular complexity index is 459. The van der Waals surface area contributed by atoms with Crippen molar-refractivity contribution in [3.8, 4) is 0 Å². The standard InChI is InChI=1S/C18H29ClN2/c1-5-10-20-14(4)15-8-9-18(16(19)12-15)21-11-6-7-17(21)13(2)3/h8-9,12-14,17,20H,5-7,10-11H2,1-4H3. The van der Waals surface area contributed by atoms with E-state index in [1.165, 1.54) is 24.1 Å². The highest BCUT2D eigenvalue weighted by molar-refractivity contribution is 6.33. The molecular weight excluding hydrogens is 280 g/mol. The fourth-order valence-electron chi connectivity index (χ4n) is 3.29. The fourth-order valence-corrected chi connectivity index (χ4v) is 3.59. The van der Waals surface area contributed by atoms with E-state index >= 15 is 0 Å². The number of benzene rings is 1. The van der Waals surface area contributed by atoms with E-state index in [0.717, 1.165) is 24.5 Å². The van der Waals surface area contributed by atoms with Crippen LogP contribution in [0.5, 0.6) is 0 Å². The molecule has 118 valence electrons. The van der Waals surface area contributed by atoms with Gasteiger partial charge in [-0.25, -0.2) is 0 Å². The first-order chi connectivity index (χ1) is 10.0. The van der Waals surface area contributed by atoms with Gasteiger partial charge in [-0.05, 0) is 56.3 Å². The Morgan fingerprint density at radius 3 is 2.71 bits per heavy atom. The van der Waals surface area contributed by atoms with Gasteiger partial charge in [-0.2, -0.15) is 0 Å². The molecule has 0 saturated carbocycles. The highest BCUT2D eigenvalue weighted by Crippen LogP contribution is 2.35. The molecule has 1 aliphatic rings. The summed E-state index contributed by atoms with van der Waals surface area (Å²) in [5.74, 6) is 0.674. The summed E-state index contributed by atoms with van der Waals surface area (Å²) in [4.78, 5) is 2.50. The minimum absolute atomic E-state index is 0.357. The number of nitrogens with one attached hydrogen (secondary N) is 1. The first kappa shape index (κ1) is 16.6. The summed E-state index contributed by atoms with van der Waals surface area (Å²) in [6.07, 6.45) is 3.71. The lowest BCUT2D eigenvalue weighted by molar-refractivity contribution is 0.492. The van der Waals surface area contributed by atoms with Gasteiger partial charge in [-0.3, -0.25) is 0 Å². The van der Waals surface area contributed by atoms with Gasteiger partial charge in [-0.1, -0.05) is 38.4 Å². The normalized spacial score (nSPS) is 20.3. The van der Waals surface area contributed by atoms with Gasteiger partial charge < -0.3 is 10.2 Å². The molecular formula is C18H29ClN2. The lowest BCUT2D eigenvalue weighted by atomic mass is 10.0. The second-order valence-electron chi connectivity index (χ2n) is 6.53. The second-order valence-corrected chi connectivity index (χ2v) is 6.94. The SMILES string of the molecule is CCCNC(C)c1ccc(N2CCCC2C(C)C)c(Cl)c1. The molecule has 1 aromatic carbocycles. The van der Waals surface area contributed by atoms with Crippen molar-refractivity contribution in [1.29, 1.82) is 0 Å². The average Bonchev–Trinajstić information content (AvgIpc) is 2.94. The first-order valence-electron chi connectivity index (χ1n) is 8.34. The third-order valence-corrected chi connectivity index (χ3v) is 4.85. The van der Waals surface area contributed by atoms with Crippen molar-refractivity contribution in [2.24, 2.45) is 5.92 Å². The molecule has 1 fully saturated rings. The predicted octanol–water partition coefficient (Wildman–Crippen LogP) is 5.03. The van der Waals surface area contributed by atoms with E-state index in [4.69, 9.17) is 11.6 Å². The van der Waals surface area contributed by atoms with Gasteiger partial charge in [0.15, 0.2) is 0 Å². The molecule has 1 saturated heterocycles. The second kappa shape index (κ2) is 7.51. The number of nitrogens with zero attached hydrogens (tertiary/aromatic N) is 1. The molecule has 0 aromatic heterocycles. The summed E-state index contributed by atoms with van der Waals surface area (Å²) < 4.78 is 0. The number of hydrogen-bond acceptors (Lipinski definition) is 2. The van der Waals surface area contributed by atoms with Crippen LogP contribution in [-0.4, -0.2) is 19.1 Å². The Kier molecular flexibility index (Phi) is 5.95. The molecule has 0 bridgehead atoms. The van der Waals surface area contributed by atoms with Crippen LogP contribution in [0, 0.1) is 5.92 Å². The van der Waals surface area contributed by atoms with Crippen LogP contribution >= 0.6 is 11.6 Å². The van der Waals surface area contributed by atoms with Crippen LogP contribution in [0.4, 0.5) is 5.69 Å². The van der Waals surface area contributed by atoms with Crippen molar-refractivity contribution >= 4 is 17.3 Å². The van der Waals surface area contributed by atoms with Gasteiger partial charge >= 0.3 is 0 Å². The largest absolute Gasteiger partial charge is 0.367 e. The van der Waals surface area contributed by atoms with Crippen molar-refractivity contribution in [3.63, 3.8) is 0 Å². The maximum Gasteiger partial charge on any atom is 0.0642 e. The quantitative estimate of drug-likeness (QED) is 0.793. The maximum absolute atomic E-state index is 6.59. The molecule has 21 heavy (non-hydrogen) atoms. The van der Waals surface area contributed by atoms with Crippen molar-refractivity contribution in [1.82, 2.24) is 5.32 Å². The van der Waals surface area contributed by atoms with Gasteiger partial charge in [-0.15, -0.1) is 0 Å². The zero-order valence-electron chi connectivity index (χ0n) is 13.8. The van der Waals surface area contributed by atoms with Gasteiger partial charge in [0, 0.05) is 18.6 Å². The third kappa shape index (κ3) is 3.92. The molecule has 1 aliphatic heterocycles. The van der Waals surface area contributed by atoms with E-state index in [0.29, 0.717) is 18.0 Å². The monoisotopic (exact) mass is 308 g/mol. The fraction of sp³-hybridized carbons (Fsp3) is 0.667. The maximum atomic E-state index is 6.59. The molecule has 0 spiro atoms. The van der Waals surface area contributed by atoms with Gasteiger partial charge in [0.1, 0.15) is 0 Å². The zero-order chi connectivity index (χ0) is 15.4. The highest BCUT2D eigenvalue weighted by Gasteiger charge is 2.28. The van der Waals surface area contributed by atoms with E-state index in [-0.39, 0.29) is 0 Å². The zero-order valence-corrected chi connectivity index (χ0v) is 14.6. The average molecular weight is 309 g/mol. The van der Waals surface area contributed by atoms with Gasteiger partial charge in [0.25, 0.3) is 0 Å². The van der Waals surface area contributed by atoms with Crippen LogP contribution in [0.1, 0.15) is 58.6 Å². The molecule has 2 unspecified atom stereocenters. The third-order valence-electron chi connectivity index (χ3n) is 4.55. The molecule has 0 amide bonds. The lowest BCUT2D eigenvalue weighted by Crippen LogP contribution is -2.33. The van der Waals surface area contributed by atoms with Gasteiger partial charge in [0.05, 0.1) is 10.7 Å². The number of rotatable bonds is 6. The van der Waals surface area contributed by atoms with E-state index in [1.807, 2.05) is 0 Å². The minimum Gasteiger partial charge on any atom is -0.367 e. The van der Waals surface area contributed by atoms with Crippen LogP contribution in [0.2, 0.25) is 5.02 Å². The molecule has 2 rings (SSSR count). The molecule has 0 radical (unpaired) electrons. The topological polar surface area (TPSA) is 15.3 Å². The summed E-state index contributed by atoms with van der Waals surface area (Å²) in [7, 11) is 0. The predicted molar refractivity (Wildman–Crippen MR) is 93.4 cm³/mol. The molecule has 2 atom stereocenters. The van der Waals surface area contributed by atoms with Crippen molar-refractivity contribution < 1.29 is 0 Å². The van der Waals surface area contributed by atoms with Crippen molar-refractivity contribution in [2.75, 3.05) is 18.0 Å². The van der Waals surface area contributed by atoms with E-state index in [9.17, 15) is 0 Å². The highest BCUT2D eigenvalue weighted by atomic mass is 35.5. The summed E-state index contributed by atoms with van der Waals surface area (Å²) in [6.45, 7) is 11.2. The van der Waals surface area contributed by atoms with Crippen LogP contribution < -0.4 is 10.2 Å². The minimum atomic E-state index is 0.357. The van der Waals surface area contributed by atoms with Crippen molar-refractivity contribution in [2.45, 2.75) is 59.0 Å². The molecule has 1 N–H and O–H groups in total. The van der Waals surface area contributed by atoms with Crippen LogP contribution in [-0.2, 0) is 0 Å². The molecule has 1 heterocycles. The van der Waals surface area contributed by atoms with E-state index in [1.54, 1.807) is 0 Å². The Morgan fingerprint density at radius 2 is 2.10 bits per heavy atom. The summed E-state index contributed by atoms with van der Waals surface area (Å²) >= 11 is 6.59. The van der Waals surface area contributed by atoms with Gasteiger partial charge in [0.2, 0.25) is 0 Å². The molecule has 1 aromatic rings. The number of halogens is 1. The van der Waals surface area contributed by atoms with Crippen LogP contribution in [0.3, 0.4) is 0 Å². The summed E-state index contributed by atoms with van der Waals surface area (Å²) in [5.41, 5.74) is 2.48. The van der Waals surface area contributed by atoms with Crippen LogP contribution in [0.15, 0.2) is 18.2 Å². The lowest BCUT2D eigenvalue weighted by Gasteiger charge is -2.31. The Hall–Kier alpha value is -0.730. The van der Waals surface area contributed by atoms with Crippen molar-refractivity contribution in [3.05, 3.63) is 28.8 Å². The van der Waals surface area contributed by atoms with E-state index < -0.39 is 0 Å². The molecule has 0 aliphatic carbocycles. The summed E-state index contributed by atoms with van der Waals surface area (Å²) in [5, 5.41) is 4.41. The smallest absolute Gasteiger partial charge is 0.0642 e. The summed E-state index contributed by atoms with van der Waals surface area (Å²) in [6, 6.07) is 7.56. The Balaban J connectivity index is 2.15. The first-order valence-corrected chi connectivity index (χ1v) is 8.71. The number of hydrogen-bond donors (Lipinski definition) is 1.